The maximum atomic E-state index is 13.3. The van der Waals surface area contributed by atoms with Gasteiger partial charge in [0, 0.05) is 17.0 Å². The maximum Gasteiger partial charge on any atom is 0.270 e. The summed E-state index contributed by atoms with van der Waals surface area (Å²) in [6.07, 6.45) is 1.46. The maximum absolute atomic E-state index is 13.3. The molecule has 172 valence electrons. The van der Waals surface area contributed by atoms with Crippen molar-refractivity contribution in [1.82, 2.24) is 9.99 Å². The predicted molar refractivity (Wildman–Crippen MR) is 137 cm³/mol. The minimum atomic E-state index is -0.643. The fourth-order valence-corrected chi connectivity index (χ4v) is 4.21. The summed E-state index contributed by atoms with van der Waals surface area (Å²) in [7, 11) is 0. The van der Waals surface area contributed by atoms with E-state index in [0.717, 1.165) is 4.90 Å². The van der Waals surface area contributed by atoms with Crippen LogP contribution in [-0.4, -0.2) is 27.5 Å². The van der Waals surface area contributed by atoms with Crippen LogP contribution in [0, 0.1) is 13.8 Å². The van der Waals surface area contributed by atoms with Crippen LogP contribution < -0.4 is 15.6 Å². The van der Waals surface area contributed by atoms with Gasteiger partial charge in [-0.25, -0.2) is 0 Å². The molecule has 0 saturated carbocycles. The molecule has 2 N–H and O–H groups in total. The van der Waals surface area contributed by atoms with Crippen molar-refractivity contribution in [2.75, 3.05) is 10.3 Å². The summed E-state index contributed by atoms with van der Waals surface area (Å²) in [6.45, 7) is 3.57. The highest BCUT2D eigenvalue weighted by atomic mass is 35.5. The molecule has 10 heteroatoms. The highest BCUT2D eigenvalue weighted by molar-refractivity contribution is 7.80. The first-order valence-electron chi connectivity index (χ1n) is 10.1. The Balaban J connectivity index is 1.69. The second-order valence-electron chi connectivity index (χ2n) is 7.50. The van der Waals surface area contributed by atoms with Gasteiger partial charge in [0.2, 0.25) is 0 Å². The molecular weight excluding hydrogens is 495 g/mol. The van der Waals surface area contributed by atoms with Crippen molar-refractivity contribution in [2.45, 2.75) is 13.8 Å². The molecule has 4 rings (SSSR count). The third-order valence-corrected chi connectivity index (χ3v) is 6.39. The van der Waals surface area contributed by atoms with E-state index >= 15 is 0 Å². The molecule has 3 amide bonds. The van der Waals surface area contributed by atoms with Crippen LogP contribution in [0.5, 0.6) is 0 Å². The van der Waals surface area contributed by atoms with Gasteiger partial charge in [-0.3, -0.25) is 34.7 Å². The second-order valence-corrected chi connectivity index (χ2v) is 8.67. The Bertz CT molecular complexity index is 1380. The van der Waals surface area contributed by atoms with Gasteiger partial charge in [-0.1, -0.05) is 47.5 Å². The first kappa shape index (κ1) is 23.7. The lowest BCUT2D eigenvalue weighted by molar-refractivity contribution is -0.122. The van der Waals surface area contributed by atoms with E-state index in [9.17, 15) is 14.4 Å². The Morgan fingerprint density at radius 2 is 1.76 bits per heavy atom. The van der Waals surface area contributed by atoms with Crippen LogP contribution in [0.25, 0.3) is 6.08 Å². The summed E-state index contributed by atoms with van der Waals surface area (Å²) in [4.78, 5) is 39.7. The smallest absolute Gasteiger partial charge is 0.270 e. The Hall–Kier alpha value is -3.46. The van der Waals surface area contributed by atoms with Crippen LogP contribution in [-0.2, 0) is 9.59 Å². The predicted octanol–water partition coefficient (Wildman–Crippen LogP) is 4.63. The molecule has 2 heterocycles. The van der Waals surface area contributed by atoms with Crippen molar-refractivity contribution in [3.63, 3.8) is 0 Å². The van der Waals surface area contributed by atoms with E-state index in [2.05, 4.69) is 10.7 Å². The van der Waals surface area contributed by atoms with Gasteiger partial charge in [0.1, 0.15) is 5.57 Å². The molecular formula is C24H18Cl2N4O3S. The van der Waals surface area contributed by atoms with Crippen molar-refractivity contribution in [1.29, 1.82) is 0 Å². The first-order chi connectivity index (χ1) is 16.2. The number of nitrogens with one attached hydrogen (secondary N) is 2. The van der Waals surface area contributed by atoms with Crippen molar-refractivity contribution in [2.24, 2.45) is 0 Å². The molecule has 0 aliphatic carbocycles. The highest BCUT2D eigenvalue weighted by Gasteiger charge is 2.36. The van der Waals surface area contributed by atoms with Crippen LogP contribution in [0.3, 0.4) is 0 Å². The topological polar surface area (TPSA) is 83.4 Å². The number of hydrogen-bond acceptors (Lipinski definition) is 4. The first-order valence-corrected chi connectivity index (χ1v) is 11.3. The van der Waals surface area contributed by atoms with Gasteiger partial charge in [0.15, 0.2) is 5.11 Å². The van der Waals surface area contributed by atoms with Gasteiger partial charge in [0.25, 0.3) is 17.7 Å². The van der Waals surface area contributed by atoms with E-state index in [0.29, 0.717) is 22.5 Å². The van der Waals surface area contributed by atoms with E-state index in [-0.39, 0.29) is 32.3 Å². The quantitative estimate of drug-likeness (QED) is 0.303. The van der Waals surface area contributed by atoms with E-state index < -0.39 is 11.8 Å². The SMILES string of the molecule is Cc1cc(/C=C2\C(=O)NC(=S)N(c3cccc(Cl)c3Cl)C2=O)c(C)n1NC(=O)c1ccccc1. The number of carbonyl (C=O) groups excluding carboxylic acids is 3. The molecule has 1 fully saturated rings. The van der Waals surface area contributed by atoms with Crippen LogP contribution in [0.4, 0.5) is 5.69 Å². The molecule has 7 nitrogen and oxygen atoms in total. The molecule has 0 radical (unpaired) electrons. The molecule has 0 bridgehead atoms. The number of rotatable bonds is 4. The summed E-state index contributed by atoms with van der Waals surface area (Å²) in [6, 6.07) is 15.3. The number of nitrogens with zero attached hydrogens (tertiary/aromatic N) is 2. The van der Waals surface area contributed by atoms with Crippen molar-refractivity contribution >= 4 is 70.0 Å². The molecule has 2 aromatic carbocycles. The molecule has 1 aliphatic rings. The zero-order valence-electron chi connectivity index (χ0n) is 18.1. The van der Waals surface area contributed by atoms with E-state index in [1.54, 1.807) is 67.1 Å². The average Bonchev–Trinajstić information content (AvgIpc) is 3.07. The highest BCUT2D eigenvalue weighted by Crippen LogP contribution is 2.34. The van der Waals surface area contributed by atoms with Gasteiger partial charge in [-0.2, -0.15) is 0 Å². The average molecular weight is 513 g/mol. The number of carbonyl (C=O) groups is 3. The van der Waals surface area contributed by atoms with Crippen LogP contribution >= 0.6 is 35.4 Å². The standard InChI is InChI=1S/C24H18Cl2N4O3S/c1-13-11-16(14(2)30(13)28-21(31)15-7-4-3-5-8-15)12-17-22(32)27-24(34)29(23(17)33)19-10-6-9-18(25)20(19)26/h3-12H,1-2H3,(H,28,31)(H,27,32,34)/b17-12+. The number of amides is 3. The largest absolute Gasteiger partial charge is 0.298 e. The van der Waals surface area contributed by atoms with Crippen molar-refractivity contribution < 1.29 is 14.4 Å². The lowest BCUT2D eigenvalue weighted by Gasteiger charge is -2.29. The molecule has 1 aliphatic heterocycles. The van der Waals surface area contributed by atoms with E-state index in [4.69, 9.17) is 35.4 Å². The van der Waals surface area contributed by atoms with Gasteiger partial charge in [-0.05, 0) is 68.0 Å². The van der Waals surface area contributed by atoms with E-state index in [1.165, 1.54) is 6.08 Å². The summed E-state index contributed by atoms with van der Waals surface area (Å²) in [5, 5.41) is 2.80. The molecule has 0 atom stereocenters. The van der Waals surface area contributed by atoms with E-state index in [1.807, 2.05) is 6.07 Å². The number of thiocarbonyl (C=S) groups is 1. The van der Waals surface area contributed by atoms with Crippen LogP contribution in [0.2, 0.25) is 10.0 Å². The number of anilines is 1. The lowest BCUT2D eigenvalue weighted by atomic mass is 10.1. The summed E-state index contributed by atoms with van der Waals surface area (Å²) in [5.74, 6) is -1.57. The molecule has 1 saturated heterocycles. The Morgan fingerprint density at radius 3 is 2.47 bits per heavy atom. The summed E-state index contributed by atoms with van der Waals surface area (Å²) >= 11 is 17.6. The Morgan fingerprint density at radius 1 is 1.06 bits per heavy atom. The number of aryl methyl sites for hydroxylation is 1. The zero-order valence-corrected chi connectivity index (χ0v) is 20.4. The normalized spacial score (nSPS) is 15.0. The monoisotopic (exact) mass is 512 g/mol. The van der Waals surface area contributed by atoms with Crippen molar-refractivity contribution in [3.05, 3.63) is 92.7 Å². The lowest BCUT2D eigenvalue weighted by Crippen LogP contribution is -2.54. The third-order valence-electron chi connectivity index (χ3n) is 5.29. The van der Waals surface area contributed by atoms with Gasteiger partial charge < -0.3 is 0 Å². The molecule has 1 aromatic heterocycles. The van der Waals surface area contributed by atoms with Gasteiger partial charge in [-0.15, -0.1) is 0 Å². The second kappa shape index (κ2) is 9.42. The number of hydrogen-bond donors (Lipinski definition) is 2. The number of aromatic nitrogens is 1. The van der Waals surface area contributed by atoms with Crippen molar-refractivity contribution in [3.8, 4) is 0 Å². The fraction of sp³-hybridized carbons (Fsp3) is 0.0833. The van der Waals surface area contributed by atoms with Gasteiger partial charge in [0.05, 0.1) is 15.7 Å². The summed E-state index contributed by atoms with van der Waals surface area (Å²) < 4.78 is 1.60. The third kappa shape index (κ3) is 4.35. The molecule has 3 aromatic rings. The molecule has 0 unspecified atom stereocenters. The number of halogens is 2. The van der Waals surface area contributed by atoms with Crippen LogP contribution in [0.15, 0.2) is 60.2 Å². The molecule has 0 spiro atoms. The van der Waals surface area contributed by atoms with Gasteiger partial charge >= 0.3 is 0 Å². The minimum absolute atomic E-state index is 0.100. The Kier molecular flexibility index (Phi) is 6.56. The fourth-order valence-electron chi connectivity index (χ4n) is 3.56. The van der Waals surface area contributed by atoms with Crippen LogP contribution in [0.1, 0.15) is 27.3 Å². The molecule has 34 heavy (non-hydrogen) atoms. The summed E-state index contributed by atoms with van der Waals surface area (Å²) in [5.41, 5.74) is 5.37. The zero-order chi connectivity index (χ0) is 24.6. The minimum Gasteiger partial charge on any atom is -0.298 e. The number of benzene rings is 2. The Labute approximate surface area is 210 Å².